The number of rotatable bonds is 6. The van der Waals surface area contributed by atoms with E-state index in [1.807, 2.05) is 56.3 Å². The fourth-order valence-corrected chi connectivity index (χ4v) is 4.65. The van der Waals surface area contributed by atoms with Crippen LogP contribution in [0.1, 0.15) is 29.8 Å². The van der Waals surface area contributed by atoms with Gasteiger partial charge in [0.2, 0.25) is 0 Å². The molecule has 6 nitrogen and oxygen atoms in total. The molecule has 1 amide bonds. The number of ether oxygens (including phenoxy) is 2. The molecule has 0 bridgehead atoms. The zero-order valence-corrected chi connectivity index (χ0v) is 19.5. The lowest BCUT2D eigenvalue weighted by Gasteiger charge is -2.12. The first-order valence-electron chi connectivity index (χ1n) is 10.7. The maximum atomic E-state index is 13.2. The summed E-state index contributed by atoms with van der Waals surface area (Å²) in [5.74, 6) is 0.243. The lowest BCUT2D eigenvalue weighted by Crippen LogP contribution is -2.28. The van der Waals surface area contributed by atoms with Crippen molar-refractivity contribution >= 4 is 51.3 Å². The van der Waals surface area contributed by atoms with Crippen LogP contribution in [0.15, 0.2) is 70.6 Å². The maximum absolute atomic E-state index is 13.2. The number of hydrogen-bond donors (Lipinski definition) is 0. The highest BCUT2D eigenvalue weighted by Gasteiger charge is 2.32. The Morgan fingerprint density at radius 1 is 1.06 bits per heavy atom. The van der Waals surface area contributed by atoms with Gasteiger partial charge in [-0.15, -0.1) is 0 Å². The van der Waals surface area contributed by atoms with Gasteiger partial charge in [0.15, 0.2) is 5.17 Å². The second kappa shape index (κ2) is 9.92. The number of nitrogens with zero attached hydrogens (tertiary/aromatic N) is 2. The second-order valence-electron chi connectivity index (χ2n) is 7.22. The van der Waals surface area contributed by atoms with Crippen molar-refractivity contribution < 1.29 is 19.1 Å². The van der Waals surface area contributed by atoms with Crippen LogP contribution in [-0.2, 0) is 9.53 Å². The van der Waals surface area contributed by atoms with Gasteiger partial charge in [0.25, 0.3) is 5.91 Å². The topological polar surface area (TPSA) is 68.2 Å². The molecule has 0 aromatic heterocycles. The molecule has 0 atom stereocenters. The zero-order chi connectivity index (χ0) is 23.4. The standard InChI is InChI=1S/C26H24N2O4S/c1-4-28-24(29)23(33-26(28)27-19-13-10-18(11-14-19)25(30)31-3)16-21-20-9-7-6-8-17(20)12-15-22(21)32-5-2/h6-16H,4-5H2,1-3H3/b23-16+,27-26?. The summed E-state index contributed by atoms with van der Waals surface area (Å²) in [6.07, 6.45) is 1.89. The molecule has 0 unspecified atom stereocenters. The number of likely N-dealkylation sites (N-methyl/N-ethyl adjacent to an activating group) is 1. The van der Waals surface area contributed by atoms with Crippen LogP contribution in [0.5, 0.6) is 5.75 Å². The van der Waals surface area contributed by atoms with E-state index in [-0.39, 0.29) is 5.91 Å². The number of esters is 1. The molecule has 1 aliphatic heterocycles. The van der Waals surface area contributed by atoms with E-state index in [0.717, 1.165) is 22.1 Å². The van der Waals surface area contributed by atoms with Gasteiger partial charge in [-0.1, -0.05) is 30.3 Å². The van der Waals surface area contributed by atoms with Gasteiger partial charge in [-0.2, -0.15) is 0 Å². The smallest absolute Gasteiger partial charge is 0.337 e. The summed E-state index contributed by atoms with van der Waals surface area (Å²) in [7, 11) is 1.34. The third kappa shape index (κ3) is 4.64. The van der Waals surface area contributed by atoms with Crippen molar-refractivity contribution in [1.29, 1.82) is 0 Å². The van der Waals surface area contributed by atoms with E-state index in [2.05, 4.69) is 4.99 Å². The summed E-state index contributed by atoms with van der Waals surface area (Å²) in [4.78, 5) is 31.7. The molecule has 1 heterocycles. The third-order valence-electron chi connectivity index (χ3n) is 5.22. The highest BCUT2D eigenvalue weighted by molar-refractivity contribution is 8.18. The minimum absolute atomic E-state index is 0.0946. The van der Waals surface area contributed by atoms with E-state index < -0.39 is 5.97 Å². The highest BCUT2D eigenvalue weighted by Crippen LogP contribution is 2.37. The van der Waals surface area contributed by atoms with Crippen LogP contribution < -0.4 is 4.74 Å². The van der Waals surface area contributed by atoms with Gasteiger partial charge in [-0.05, 0) is 72.8 Å². The Labute approximate surface area is 196 Å². The van der Waals surface area contributed by atoms with E-state index in [1.54, 1.807) is 29.2 Å². The monoisotopic (exact) mass is 460 g/mol. The van der Waals surface area contributed by atoms with Gasteiger partial charge in [-0.25, -0.2) is 9.79 Å². The molecule has 3 aromatic carbocycles. The van der Waals surface area contributed by atoms with Crippen LogP contribution in [0, 0.1) is 0 Å². The van der Waals surface area contributed by atoms with Crippen molar-refractivity contribution in [3.05, 3.63) is 76.7 Å². The molecule has 1 fully saturated rings. The van der Waals surface area contributed by atoms with Crippen molar-refractivity contribution in [2.24, 2.45) is 4.99 Å². The summed E-state index contributed by atoms with van der Waals surface area (Å²) in [6.45, 7) is 4.89. The summed E-state index contributed by atoms with van der Waals surface area (Å²) in [5.41, 5.74) is 1.98. The summed E-state index contributed by atoms with van der Waals surface area (Å²) >= 11 is 1.33. The van der Waals surface area contributed by atoms with Crippen molar-refractivity contribution in [1.82, 2.24) is 4.90 Å². The Balaban J connectivity index is 1.72. The van der Waals surface area contributed by atoms with Crippen LogP contribution in [0.4, 0.5) is 5.69 Å². The Bertz CT molecular complexity index is 1270. The number of thioether (sulfide) groups is 1. The number of amides is 1. The predicted molar refractivity (Wildman–Crippen MR) is 133 cm³/mol. The normalized spacial score (nSPS) is 16.1. The van der Waals surface area contributed by atoms with E-state index in [0.29, 0.717) is 34.5 Å². The predicted octanol–water partition coefficient (Wildman–Crippen LogP) is 5.65. The van der Waals surface area contributed by atoms with Crippen molar-refractivity contribution in [3.63, 3.8) is 0 Å². The van der Waals surface area contributed by atoms with Crippen molar-refractivity contribution in [2.45, 2.75) is 13.8 Å². The van der Waals surface area contributed by atoms with Gasteiger partial charge in [0, 0.05) is 12.1 Å². The lowest BCUT2D eigenvalue weighted by atomic mass is 10.0. The van der Waals surface area contributed by atoms with Crippen LogP contribution in [0.3, 0.4) is 0 Å². The van der Waals surface area contributed by atoms with Gasteiger partial charge < -0.3 is 9.47 Å². The fraction of sp³-hybridized carbons (Fsp3) is 0.192. The number of hydrogen-bond acceptors (Lipinski definition) is 6. The van der Waals surface area contributed by atoms with E-state index in [4.69, 9.17) is 9.47 Å². The zero-order valence-electron chi connectivity index (χ0n) is 18.7. The first-order chi connectivity index (χ1) is 16.0. The number of carbonyl (C=O) groups is 2. The van der Waals surface area contributed by atoms with Crippen LogP contribution in [-0.4, -0.2) is 42.2 Å². The summed E-state index contributed by atoms with van der Waals surface area (Å²) < 4.78 is 10.6. The molecule has 0 N–H and O–H groups in total. The van der Waals surface area contributed by atoms with Crippen molar-refractivity contribution in [2.75, 3.05) is 20.3 Å². The lowest BCUT2D eigenvalue weighted by molar-refractivity contribution is -0.122. The molecule has 3 aromatic rings. The minimum atomic E-state index is -0.403. The quantitative estimate of drug-likeness (QED) is 0.351. The Morgan fingerprint density at radius 2 is 1.82 bits per heavy atom. The van der Waals surface area contributed by atoms with Gasteiger partial charge in [0.1, 0.15) is 5.75 Å². The molecule has 0 saturated carbocycles. The molecule has 7 heteroatoms. The number of fused-ring (bicyclic) bond motifs is 1. The van der Waals surface area contributed by atoms with Gasteiger partial charge in [-0.3, -0.25) is 9.69 Å². The van der Waals surface area contributed by atoms with Gasteiger partial charge >= 0.3 is 5.97 Å². The number of methoxy groups -OCH3 is 1. The maximum Gasteiger partial charge on any atom is 0.337 e. The van der Waals surface area contributed by atoms with E-state index in [9.17, 15) is 9.59 Å². The number of amidine groups is 1. The number of benzene rings is 3. The second-order valence-corrected chi connectivity index (χ2v) is 8.23. The largest absolute Gasteiger partial charge is 0.493 e. The Morgan fingerprint density at radius 3 is 2.52 bits per heavy atom. The Hall–Kier alpha value is -3.58. The first kappa shape index (κ1) is 22.6. The molecule has 4 rings (SSSR count). The molecule has 0 aliphatic carbocycles. The minimum Gasteiger partial charge on any atom is -0.493 e. The average Bonchev–Trinajstić information content (AvgIpc) is 3.14. The average molecular weight is 461 g/mol. The molecule has 33 heavy (non-hydrogen) atoms. The third-order valence-corrected chi connectivity index (χ3v) is 6.23. The highest BCUT2D eigenvalue weighted by atomic mass is 32.2. The fourth-order valence-electron chi connectivity index (χ4n) is 3.61. The summed E-state index contributed by atoms with van der Waals surface area (Å²) in [5, 5.41) is 2.70. The number of carbonyl (C=O) groups excluding carboxylic acids is 2. The number of aliphatic imine (C=N–C) groups is 1. The van der Waals surface area contributed by atoms with Crippen LogP contribution in [0.2, 0.25) is 0 Å². The van der Waals surface area contributed by atoms with Crippen LogP contribution >= 0.6 is 11.8 Å². The molecule has 0 radical (unpaired) electrons. The van der Waals surface area contributed by atoms with Crippen molar-refractivity contribution in [3.8, 4) is 5.75 Å². The SMILES string of the molecule is CCOc1ccc2ccccc2c1/C=C1/SC(=Nc2ccc(C(=O)OC)cc2)N(CC)C1=O. The molecular formula is C26H24N2O4S. The molecule has 1 aliphatic rings. The van der Waals surface area contributed by atoms with Crippen LogP contribution in [0.25, 0.3) is 16.8 Å². The molecule has 1 saturated heterocycles. The molecule has 0 spiro atoms. The van der Waals surface area contributed by atoms with Gasteiger partial charge in [0.05, 0.1) is 29.9 Å². The first-order valence-corrected chi connectivity index (χ1v) is 11.5. The Kier molecular flexibility index (Phi) is 6.79. The van der Waals surface area contributed by atoms with E-state index >= 15 is 0 Å². The molecular weight excluding hydrogens is 436 g/mol. The molecule has 168 valence electrons. The summed E-state index contributed by atoms with van der Waals surface area (Å²) in [6, 6.07) is 18.8. The van der Waals surface area contributed by atoms with E-state index in [1.165, 1.54) is 18.9 Å².